The third kappa shape index (κ3) is 7.27. The zero-order valence-corrected chi connectivity index (χ0v) is 23.7. The summed E-state index contributed by atoms with van der Waals surface area (Å²) in [5, 5.41) is 12.7. The SMILES string of the molecule is C=CC(=O)NC.N/C(=C\c1c(N)[nH]c(C2CCOCC2)c1C1CCCC(N2CCOCC2)C1)c1ccccc1O. The summed E-state index contributed by atoms with van der Waals surface area (Å²) in [5.41, 5.74) is 17.9. The van der Waals surface area contributed by atoms with Crippen molar-refractivity contribution in [2.24, 2.45) is 5.73 Å². The molecule has 1 aromatic heterocycles. The highest BCUT2D eigenvalue weighted by atomic mass is 16.5. The molecule has 1 amide bonds. The normalized spacial score (nSPS) is 22.7. The molecule has 2 aromatic rings. The van der Waals surface area contributed by atoms with E-state index in [4.69, 9.17) is 20.9 Å². The maximum absolute atomic E-state index is 10.3. The quantitative estimate of drug-likeness (QED) is 0.343. The van der Waals surface area contributed by atoms with E-state index >= 15 is 0 Å². The Labute approximate surface area is 237 Å². The third-order valence-corrected chi connectivity index (χ3v) is 8.33. The highest BCUT2D eigenvalue weighted by Gasteiger charge is 2.34. The number of amides is 1. The highest BCUT2D eigenvalue weighted by Crippen LogP contribution is 2.44. The Bertz CT molecular complexity index is 1160. The number of hydrogen-bond acceptors (Lipinski definition) is 7. The number of aromatic amines is 1. The van der Waals surface area contributed by atoms with Crippen LogP contribution in [-0.4, -0.2) is 73.5 Å². The number of benzene rings is 1. The van der Waals surface area contributed by atoms with E-state index in [1.54, 1.807) is 19.2 Å². The monoisotopic (exact) mass is 551 g/mol. The first kappa shape index (κ1) is 29.7. The number of anilines is 1. The number of nitrogens with two attached hydrogens (primary N) is 2. The number of hydrogen-bond donors (Lipinski definition) is 5. The van der Waals surface area contributed by atoms with Gasteiger partial charge >= 0.3 is 0 Å². The van der Waals surface area contributed by atoms with Crippen molar-refractivity contribution in [1.29, 1.82) is 0 Å². The van der Waals surface area contributed by atoms with Crippen LogP contribution in [-0.2, 0) is 14.3 Å². The number of phenols is 1. The van der Waals surface area contributed by atoms with E-state index in [1.807, 2.05) is 18.2 Å². The first-order valence-electron chi connectivity index (χ1n) is 14.4. The number of phenolic OH excluding ortho intramolecular Hbond substituents is 1. The zero-order chi connectivity index (χ0) is 28.5. The van der Waals surface area contributed by atoms with E-state index in [-0.39, 0.29) is 11.7 Å². The Balaban J connectivity index is 0.000000557. The van der Waals surface area contributed by atoms with Crippen LogP contribution in [0.3, 0.4) is 0 Å². The minimum absolute atomic E-state index is 0.144. The molecule has 0 bridgehead atoms. The highest BCUT2D eigenvalue weighted by molar-refractivity contribution is 5.87. The smallest absolute Gasteiger partial charge is 0.243 e. The largest absolute Gasteiger partial charge is 0.507 e. The van der Waals surface area contributed by atoms with E-state index in [0.717, 1.165) is 70.8 Å². The van der Waals surface area contributed by atoms with Crippen molar-refractivity contribution in [2.45, 2.75) is 56.4 Å². The molecule has 3 fully saturated rings. The number of H-pyrrole nitrogens is 1. The summed E-state index contributed by atoms with van der Waals surface area (Å²) >= 11 is 0. The minimum atomic E-state index is -0.144. The number of ether oxygens (including phenoxy) is 2. The van der Waals surface area contributed by atoms with Gasteiger partial charge in [0.1, 0.15) is 11.6 Å². The number of carbonyl (C=O) groups excluding carboxylic acids is 1. The first-order valence-corrected chi connectivity index (χ1v) is 14.4. The number of nitrogen functional groups attached to an aromatic ring is 1. The number of carbonyl (C=O) groups is 1. The second-order valence-electron chi connectivity index (χ2n) is 10.8. The van der Waals surface area contributed by atoms with Crippen molar-refractivity contribution in [3.05, 3.63) is 59.3 Å². The third-order valence-electron chi connectivity index (χ3n) is 8.33. The number of nitrogens with one attached hydrogen (secondary N) is 2. The van der Waals surface area contributed by atoms with Crippen molar-refractivity contribution in [3.63, 3.8) is 0 Å². The van der Waals surface area contributed by atoms with Crippen LogP contribution in [0.15, 0.2) is 36.9 Å². The number of likely N-dealkylation sites (N-methyl/N-ethyl adjacent to an activating group) is 1. The summed E-state index contributed by atoms with van der Waals surface area (Å²) in [6.45, 7) is 8.49. The maximum Gasteiger partial charge on any atom is 0.243 e. The maximum atomic E-state index is 10.3. The molecule has 1 aliphatic carbocycles. The fourth-order valence-corrected chi connectivity index (χ4v) is 6.23. The number of rotatable bonds is 6. The molecule has 9 nitrogen and oxygen atoms in total. The Morgan fingerprint density at radius 2 is 1.80 bits per heavy atom. The van der Waals surface area contributed by atoms with E-state index in [2.05, 4.69) is 21.8 Å². The molecule has 1 saturated carbocycles. The molecule has 2 saturated heterocycles. The lowest BCUT2D eigenvalue weighted by Crippen LogP contribution is -2.45. The van der Waals surface area contributed by atoms with Gasteiger partial charge < -0.3 is 36.3 Å². The Kier molecular flexibility index (Phi) is 10.7. The van der Waals surface area contributed by atoms with Crippen molar-refractivity contribution in [1.82, 2.24) is 15.2 Å². The van der Waals surface area contributed by atoms with Crippen molar-refractivity contribution >= 4 is 23.5 Å². The molecule has 2 unspecified atom stereocenters. The molecular weight excluding hydrogens is 506 g/mol. The molecule has 7 N–H and O–H groups in total. The van der Waals surface area contributed by atoms with Crippen LogP contribution in [0.5, 0.6) is 5.75 Å². The number of aromatic nitrogens is 1. The average molecular weight is 552 g/mol. The summed E-state index contributed by atoms with van der Waals surface area (Å²) in [6.07, 6.45) is 9.95. The Morgan fingerprint density at radius 1 is 1.10 bits per heavy atom. The molecule has 218 valence electrons. The van der Waals surface area contributed by atoms with E-state index in [1.165, 1.54) is 30.2 Å². The Morgan fingerprint density at radius 3 is 2.45 bits per heavy atom. The van der Waals surface area contributed by atoms with Gasteiger partial charge in [0, 0.05) is 67.8 Å². The lowest BCUT2D eigenvalue weighted by Gasteiger charge is -2.40. The summed E-state index contributed by atoms with van der Waals surface area (Å²) < 4.78 is 11.3. The van der Waals surface area contributed by atoms with Crippen molar-refractivity contribution in [2.75, 3.05) is 52.3 Å². The van der Waals surface area contributed by atoms with Crippen LogP contribution in [0.4, 0.5) is 5.82 Å². The second kappa shape index (κ2) is 14.4. The van der Waals surface area contributed by atoms with Gasteiger partial charge in [0.25, 0.3) is 0 Å². The van der Waals surface area contributed by atoms with E-state index in [9.17, 15) is 9.90 Å². The molecule has 1 aromatic carbocycles. The summed E-state index contributed by atoms with van der Waals surface area (Å²) in [7, 11) is 1.56. The molecule has 9 heteroatoms. The first-order chi connectivity index (χ1) is 19.4. The fraction of sp³-hybridized carbons (Fsp3) is 0.516. The van der Waals surface area contributed by atoms with Crippen molar-refractivity contribution in [3.8, 4) is 5.75 Å². The lowest BCUT2D eigenvalue weighted by atomic mass is 9.77. The zero-order valence-electron chi connectivity index (χ0n) is 23.7. The molecule has 0 radical (unpaired) electrons. The standard InChI is InChI=1S/C27H38N4O3.C4H7NO/c28-23(21-6-1-2-7-24(21)32)17-22-25(26(30-27(22)29)18-8-12-33-13-9-18)19-4-3-5-20(16-19)31-10-14-34-15-11-31;1-3-4(6)5-2/h1-2,6-7,17-20,30,32H,3-5,8-16,28-29H2;3H,1H2,2H3,(H,5,6)/b23-17-;. The number of nitrogens with zero attached hydrogens (tertiary/aromatic N) is 1. The number of aromatic hydroxyl groups is 1. The van der Waals surface area contributed by atoms with Crippen LogP contribution in [0, 0.1) is 0 Å². The number of morpholine rings is 1. The van der Waals surface area contributed by atoms with Gasteiger partial charge in [-0.2, -0.15) is 0 Å². The average Bonchev–Trinajstić information content (AvgIpc) is 3.33. The van der Waals surface area contributed by atoms with Gasteiger partial charge in [0.2, 0.25) is 5.91 Å². The van der Waals surface area contributed by atoms with Gasteiger partial charge in [-0.3, -0.25) is 9.69 Å². The summed E-state index contributed by atoms with van der Waals surface area (Å²) in [5.74, 6) is 1.56. The molecule has 3 aliphatic rings. The summed E-state index contributed by atoms with van der Waals surface area (Å²) in [6, 6.07) is 7.78. The fourth-order valence-electron chi connectivity index (χ4n) is 6.23. The van der Waals surface area contributed by atoms with Gasteiger partial charge in [0.15, 0.2) is 0 Å². The molecular formula is C31H45N5O4. The van der Waals surface area contributed by atoms with Gasteiger partial charge in [-0.1, -0.05) is 25.1 Å². The van der Waals surface area contributed by atoms with Gasteiger partial charge in [-0.15, -0.1) is 0 Å². The van der Waals surface area contributed by atoms with Gasteiger partial charge in [0.05, 0.1) is 13.2 Å². The van der Waals surface area contributed by atoms with Crippen LogP contribution in [0.2, 0.25) is 0 Å². The lowest BCUT2D eigenvalue weighted by molar-refractivity contribution is -0.116. The minimum Gasteiger partial charge on any atom is -0.507 e. The van der Waals surface area contributed by atoms with Crippen molar-refractivity contribution < 1.29 is 19.4 Å². The predicted octanol–water partition coefficient (Wildman–Crippen LogP) is 3.93. The predicted molar refractivity (Wildman–Crippen MR) is 160 cm³/mol. The number of para-hydroxylation sites is 1. The molecule has 2 aliphatic heterocycles. The topological polar surface area (TPSA) is 139 Å². The molecule has 5 rings (SSSR count). The molecule has 40 heavy (non-hydrogen) atoms. The molecule has 2 atom stereocenters. The van der Waals surface area contributed by atoms with Gasteiger partial charge in [-0.05, 0) is 67.9 Å². The molecule has 3 heterocycles. The van der Waals surface area contributed by atoms with Crippen LogP contribution >= 0.6 is 0 Å². The van der Waals surface area contributed by atoms with Crippen LogP contribution < -0.4 is 16.8 Å². The Hall–Kier alpha value is -3.27. The van der Waals surface area contributed by atoms with E-state index < -0.39 is 0 Å². The molecule has 0 spiro atoms. The second-order valence-corrected chi connectivity index (χ2v) is 10.8. The van der Waals surface area contributed by atoms with Crippen LogP contribution in [0.25, 0.3) is 11.8 Å². The summed E-state index contributed by atoms with van der Waals surface area (Å²) in [4.78, 5) is 16.1. The van der Waals surface area contributed by atoms with E-state index in [0.29, 0.717) is 35.0 Å². The van der Waals surface area contributed by atoms with Crippen LogP contribution in [0.1, 0.15) is 72.7 Å². The van der Waals surface area contributed by atoms with Gasteiger partial charge in [-0.25, -0.2) is 0 Å².